The summed E-state index contributed by atoms with van der Waals surface area (Å²) in [4.78, 5) is 41.8. The van der Waals surface area contributed by atoms with Crippen LogP contribution in [0.25, 0.3) is 0 Å². The fraction of sp³-hybridized carbons (Fsp3) is 0.667. The molecular formula is C15H24N4O4. The molecule has 23 heavy (non-hydrogen) atoms. The van der Waals surface area contributed by atoms with Crippen molar-refractivity contribution in [3.8, 4) is 0 Å². The molecule has 0 spiro atoms. The highest BCUT2D eigenvalue weighted by Crippen LogP contribution is 2.03. The maximum absolute atomic E-state index is 12.0. The Kier molecular flexibility index (Phi) is 6.12. The molecule has 0 aliphatic carbocycles. The van der Waals surface area contributed by atoms with Crippen LogP contribution >= 0.6 is 0 Å². The minimum atomic E-state index is -0.528. The highest BCUT2D eigenvalue weighted by molar-refractivity contribution is 5.76. The van der Waals surface area contributed by atoms with E-state index in [4.69, 9.17) is 4.74 Å². The molecule has 2 heterocycles. The summed E-state index contributed by atoms with van der Waals surface area (Å²) >= 11 is 0. The number of aromatic nitrogens is 2. The van der Waals surface area contributed by atoms with Crippen molar-refractivity contribution in [3.63, 3.8) is 0 Å². The van der Waals surface area contributed by atoms with Crippen molar-refractivity contribution >= 4 is 5.91 Å². The zero-order chi connectivity index (χ0) is 16.8. The fourth-order valence-corrected chi connectivity index (χ4v) is 2.66. The number of carbonyl (C=O) groups is 1. The second-order valence-electron chi connectivity index (χ2n) is 5.81. The molecule has 0 aromatic carbocycles. The summed E-state index contributed by atoms with van der Waals surface area (Å²) in [6, 6.07) is 0.251. The Hall–Kier alpha value is -1.93. The highest BCUT2D eigenvalue weighted by atomic mass is 16.5. The number of rotatable bonds is 6. The zero-order valence-corrected chi connectivity index (χ0v) is 13.6. The van der Waals surface area contributed by atoms with E-state index in [0.29, 0.717) is 24.2 Å². The SMILES string of the molecule is Cc1[nH]c(=O)[nH]c(=O)c1CCC(=O)NC[C@H](C)N1CCOCC1. The van der Waals surface area contributed by atoms with E-state index in [1.807, 2.05) is 0 Å². The third kappa shape index (κ3) is 5.04. The molecule has 8 heteroatoms. The lowest BCUT2D eigenvalue weighted by Crippen LogP contribution is -2.47. The summed E-state index contributed by atoms with van der Waals surface area (Å²) in [5.74, 6) is -0.102. The quantitative estimate of drug-likeness (QED) is 0.631. The van der Waals surface area contributed by atoms with Crippen LogP contribution < -0.4 is 16.6 Å². The maximum Gasteiger partial charge on any atom is 0.325 e. The average Bonchev–Trinajstić information content (AvgIpc) is 2.52. The van der Waals surface area contributed by atoms with Gasteiger partial charge in [0, 0.05) is 43.4 Å². The highest BCUT2D eigenvalue weighted by Gasteiger charge is 2.17. The molecule has 1 fully saturated rings. The van der Waals surface area contributed by atoms with Crippen LogP contribution in [0.15, 0.2) is 9.59 Å². The average molecular weight is 324 g/mol. The number of H-pyrrole nitrogens is 2. The normalized spacial score (nSPS) is 17.0. The van der Waals surface area contributed by atoms with Crippen LogP contribution in [0.5, 0.6) is 0 Å². The van der Waals surface area contributed by atoms with Gasteiger partial charge in [-0.15, -0.1) is 0 Å². The summed E-state index contributed by atoms with van der Waals surface area (Å²) in [5.41, 5.74) is -0.00464. The summed E-state index contributed by atoms with van der Waals surface area (Å²) in [7, 11) is 0. The third-order valence-electron chi connectivity index (χ3n) is 4.12. The van der Waals surface area contributed by atoms with Gasteiger partial charge in [-0.2, -0.15) is 0 Å². The van der Waals surface area contributed by atoms with E-state index in [-0.39, 0.29) is 18.4 Å². The van der Waals surface area contributed by atoms with Gasteiger partial charge in [0.05, 0.1) is 13.2 Å². The summed E-state index contributed by atoms with van der Waals surface area (Å²) < 4.78 is 5.31. The summed E-state index contributed by atoms with van der Waals surface area (Å²) in [6.45, 7) is 7.51. The van der Waals surface area contributed by atoms with Crippen LogP contribution in [0.1, 0.15) is 24.6 Å². The summed E-state index contributed by atoms with van der Waals surface area (Å²) in [6.07, 6.45) is 0.515. The number of ether oxygens (including phenoxy) is 1. The molecule has 0 unspecified atom stereocenters. The van der Waals surface area contributed by atoms with Crippen molar-refractivity contribution in [3.05, 3.63) is 32.1 Å². The minimum Gasteiger partial charge on any atom is -0.379 e. The van der Waals surface area contributed by atoms with Crippen LogP contribution in [-0.2, 0) is 16.0 Å². The van der Waals surface area contributed by atoms with Crippen molar-refractivity contribution in [2.24, 2.45) is 0 Å². The fourth-order valence-electron chi connectivity index (χ4n) is 2.66. The van der Waals surface area contributed by atoms with Crippen LogP contribution in [0.3, 0.4) is 0 Å². The zero-order valence-electron chi connectivity index (χ0n) is 13.6. The molecule has 1 aromatic rings. The Bertz CT molecular complexity index is 646. The van der Waals surface area contributed by atoms with Crippen molar-refractivity contribution in [1.82, 2.24) is 20.2 Å². The molecular weight excluding hydrogens is 300 g/mol. The predicted octanol–water partition coefficient (Wildman–Crippen LogP) is -0.859. The molecule has 2 rings (SSSR count). The van der Waals surface area contributed by atoms with Gasteiger partial charge in [-0.1, -0.05) is 0 Å². The lowest BCUT2D eigenvalue weighted by molar-refractivity contribution is -0.121. The minimum absolute atomic E-state index is 0.102. The smallest absolute Gasteiger partial charge is 0.325 e. The number of hydrogen-bond donors (Lipinski definition) is 3. The van der Waals surface area contributed by atoms with Crippen LogP contribution in [0, 0.1) is 6.92 Å². The number of aromatic amines is 2. The first-order valence-corrected chi connectivity index (χ1v) is 7.88. The second kappa shape index (κ2) is 8.07. The Labute approximate surface area is 134 Å². The number of morpholine rings is 1. The van der Waals surface area contributed by atoms with Crippen molar-refractivity contribution in [2.75, 3.05) is 32.8 Å². The second-order valence-corrected chi connectivity index (χ2v) is 5.81. The van der Waals surface area contributed by atoms with E-state index in [1.54, 1.807) is 6.92 Å². The van der Waals surface area contributed by atoms with Gasteiger partial charge in [-0.3, -0.25) is 19.5 Å². The van der Waals surface area contributed by atoms with Gasteiger partial charge >= 0.3 is 5.69 Å². The van der Waals surface area contributed by atoms with E-state index in [2.05, 4.69) is 27.1 Å². The summed E-state index contributed by atoms with van der Waals surface area (Å²) in [5, 5.41) is 2.89. The lowest BCUT2D eigenvalue weighted by Gasteiger charge is -2.32. The van der Waals surface area contributed by atoms with Crippen LogP contribution in [0.2, 0.25) is 0 Å². The number of hydrogen-bond acceptors (Lipinski definition) is 5. The van der Waals surface area contributed by atoms with Crippen LogP contribution in [0.4, 0.5) is 0 Å². The number of carbonyl (C=O) groups excluding carboxylic acids is 1. The molecule has 0 radical (unpaired) electrons. The molecule has 1 atom stereocenters. The van der Waals surface area contributed by atoms with E-state index < -0.39 is 11.2 Å². The van der Waals surface area contributed by atoms with Gasteiger partial charge in [0.15, 0.2) is 0 Å². The van der Waals surface area contributed by atoms with Gasteiger partial charge in [-0.25, -0.2) is 4.79 Å². The molecule has 0 saturated carbocycles. The standard InChI is InChI=1S/C15H24N4O4/c1-10(19-5-7-23-8-6-19)9-16-13(20)4-3-12-11(2)17-15(22)18-14(12)21/h10H,3-9H2,1-2H3,(H,16,20)(H2,17,18,21,22)/t10-/m0/s1. The molecule has 1 saturated heterocycles. The van der Waals surface area contributed by atoms with Gasteiger partial charge in [0.25, 0.3) is 5.56 Å². The maximum atomic E-state index is 12.0. The molecule has 3 N–H and O–H groups in total. The van der Waals surface area contributed by atoms with Crippen LogP contribution in [-0.4, -0.2) is 59.7 Å². The molecule has 1 aliphatic rings. The van der Waals surface area contributed by atoms with Gasteiger partial charge in [-0.05, 0) is 20.3 Å². The van der Waals surface area contributed by atoms with Gasteiger partial charge < -0.3 is 15.0 Å². The van der Waals surface area contributed by atoms with E-state index in [9.17, 15) is 14.4 Å². The first-order valence-electron chi connectivity index (χ1n) is 7.88. The predicted molar refractivity (Wildman–Crippen MR) is 85.6 cm³/mol. The van der Waals surface area contributed by atoms with Gasteiger partial charge in [0.1, 0.15) is 0 Å². The van der Waals surface area contributed by atoms with Crippen molar-refractivity contribution in [1.29, 1.82) is 0 Å². The first kappa shape index (κ1) is 17.4. The molecule has 1 aliphatic heterocycles. The number of nitrogens with one attached hydrogen (secondary N) is 3. The molecule has 1 amide bonds. The third-order valence-corrected chi connectivity index (χ3v) is 4.12. The Morgan fingerprint density at radius 1 is 1.30 bits per heavy atom. The Morgan fingerprint density at radius 2 is 2.00 bits per heavy atom. The monoisotopic (exact) mass is 324 g/mol. The molecule has 1 aromatic heterocycles. The van der Waals surface area contributed by atoms with Crippen molar-refractivity contribution < 1.29 is 9.53 Å². The van der Waals surface area contributed by atoms with Gasteiger partial charge in [0.2, 0.25) is 5.91 Å². The van der Waals surface area contributed by atoms with E-state index in [0.717, 1.165) is 26.3 Å². The number of amides is 1. The first-order chi connectivity index (χ1) is 11.0. The topological polar surface area (TPSA) is 107 Å². The Balaban J connectivity index is 1.79. The molecule has 0 bridgehead atoms. The molecule has 8 nitrogen and oxygen atoms in total. The molecule has 128 valence electrons. The van der Waals surface area contributed by atoms with E-state index >= 15 is 0 Å². The largest absolute Gasteiger partial charge is 0.379 e. The number of nitrogens with zero attached hydrogens (tertiary/aromatic N) is 1. The Morgan fingerprint density at radius 3 is 2.65 bits per heavy atom. The van der Waals surface area contributed by atoms with Crippen molar-refractivity contribution in [2.45, 2.75) is 32.7 Å². The number of aryl methyl sites for hydroxylation is 1. The van der Waals surface area contributed by atoms with E-state index in [1.165, 1.54) is 0 Å². The lowest BCUT2D eigenvalue weighted by atomic mass is 10.1.